The van der Waals surface area contributed by atoms with Gasteiger partial charge < -0.3 is 5.73 Å². The summed E-state index contributed by atoms with van der Waals surface area (Å²) in [5.74, 6) is 0.344. The quantitative estimate of drug-likeness (QED) is 0.485. The van der Waals surface area contributed by atoms with Crippen LogP contribution in [0.25, 0.3) is 0 Å². The van der Waals surface area contributed by atoms with Crippen molar-refractivity contribution in [3.05, 3.63) is 0 Å². The molecule has 0 fully saturated rings. The van der Waals surface area contributed by atoms with E-state index < -0.39 is 9.15 Å². The Hall–Kier alpha value is 0.220. The standard InChI is InChI=1S/C4H11NO3S2/c1-4(5)2-3-9-10(6,7)8/h4H,2-3,5H2,1H3,(H,6,7,8). The molecule has 4 nitrogen and oxygen atoms in total. The lowest BCUT2D eigenvalue weighted by Gasteiger charge is -2.00. The van der Waals surface area contributed by atoms with Crippen molar-refractivity contribution in [2.45, 2.75) is 19.4 Å². The summed E-state index contributed by atoms with van der Waals surface area (Å²) in [6.07, 6.45) is 0.588. The van der Waals surface area contributed by atoms with Crippen LogP contribution in [0.1, 0.15) is 13.3 Å². The van der Waals surface area contributed by atoms with Crippen LogP contribution in [0, 0.1) is 0 Å². The zero-order chi connectivity index (χ0) is 8.20. The average Bonchev–Trinajstić information content (AvgIpc) is 1.59. The summed E-state index contributed by atoms with van der Waals surface area (Å²) < 4.78 is 28.4. The first-order chi connectivity index (χ1) is 4.42. The molecule has 0 amide bonds. The monoisotopic (exact) mass is 185 g/mol. The predicted molar refractivity (Wildman–Crippen MR) is 42.3 cm³/mol. The first-order valence-corrected chi connectivity index (χ1v) is 5.73. The number of hydrogen-bond acceptors (Lipinski definition) is 4. The van der Waals surface area contributed by atoms with E-state index in [1.54, 1.807) is 6.92 Å². The molecule has 1 atom stereocenters. The fourth-order valence-electron chi connectivity index (χ4n) is 0.339. The van der Waals surface area contributed by atoms with Crippen molar-refractivity contribution in [3.63, 3.8) is 0 Å². The number of rotatable bonds is 4. The van der Waals surface area contributed by atoms with Crippen LogP contribution in [0.2, 0.25) is 0 Å². The minimum Gasteiger partial charge on any atom is -0.328 e. The maximum Gasteiger partial charge on any atom is 0.319 e. The molecule has 0 spiro atoms. The van der Waals surface area contributed by atoms with E-state index in [9.17, 15) is 8.42 Å². The van der Waals surface area contributed by atoms with Crippen molar-refractivity contribution in [1.82, 2.24) is 0 Å². The molecule has 0 aromatic heterocycles. The lowest BCUT2D eigenvalue weighted by atomic mass is 10.3. The summed E-state index contributed by atoms with van der Waals surface area (Å²) in [7, 11) is -3.35. The molecule has 6 heteroatoms. The van der Waals surface area contributed by atoms with Crippen molar-refractivity contribution < 1.29 is 13.0 Å². The van der Waals surface area contributed by atoms with Crippen LogP contribution in [0.15, 0.2) is 0 Å². The molecule has 62 valence electrons. The third-order valence-corrected chi connectivity index (χ3v) is 2.90. The first-order valence-electron chi connectivity index (χ1n) is 2.79. The molecule has 0 aromatic carbocycles. The SMILES string of the molecule is CC(N)CCSS(=O)(=O)O. The lowest BCUT2D eigenvalue weighted by molar-refractivity contribution is 0.503. The van der Waals surface area contributed by atoms with E-state index in [-0.39, 0.29) is 6.04 Å². The minimum absolute atomic E-state index is 0.0192. The highest BCUT2D eigenvalue weighted by atomic mass is 33.1. The van der Waals surface area contributed by atoms with Gasteiger partial charge in [-0.2, -0.15) is 8.42 Å². The molecule has 10 heavy (non-hydrogen) atoms. The van der Waals surface area contributed by atoms with Crippen LogP contribution in [0.3, 0.4) is 0 Å². The summed E-state index contributed by atoms with van der Waals surface area (Å²) in [5.41, 5.74) is 5.33. The zero-order valence-electron chi connectivity index (χ0n) is 5.65. The third kappa shape index (κ3) is 8.22. The first kappa shape index (κ1) is 10.2. The normalized spacial score (nSPS) is 15.1. The predicted octanol–water partition coefficient (Wildman–Crippen LogP) is 0.260. The van der Waals surface area contributed by atoms with Gasteiger partial charge in [0.15, 0.2) is 0 Å². The van der Waals surface area contributed by atoms with Crippen molar-refractivity contribution in [2.75, 3.05) is 5.75 Å². The van der Waals surface area contributed by atoms with Crippen molar-refractivity contribution in [1.29, 1.82) is 0 Å². The number of nitrogens with two attached hydrogens (primary N) is 1. The fraction of sp³-hybridized carbons (Fsp3) is 1.00. The van der Waals surface area contributed by atoms with Crippen LogP contribution < -0.4 is 5.73 Å². The molecular weight excluding hydrogens is 174 g/mol. The van der Waals surface area contributed by atoms with Gasteiger partial charge in [-0.1, -0.05) is 0 Å². The topological polar surface area (TPSA) is 80.4 Å². The molecule has 0 bridgehead atoms. The van der Waals surface area contributed by atoms with E-state index in [4.69, 9.17) is 10.3 Å². The van der Waals surface area contributed by atoms with Gasteiger partial charge in [0, 0.05) is 11.8 Å². The van der Waals surface area contributed by atoms with Crippen LogP contribution >= 0.6 is 10.8 Å². The molecule has 0 saturated heterocycles. The summed E-state index contributed by atoms with van der Waals surface area (Å²) in [6, 6.07) is -0.0192. The molecular formula is C4H11NO3S2. The van der Waals surface area contributed by atoms with Gasteiger partial charge in [0.2, 0.25) is 0 Å². The minimum atomic E-state index is -3.86. The van der Waals surface area contributed by atoms with Gasteiger partial charge in [0.1, 0.15) is 0 Å². The second-order valence-corrected chi connectivity index (χ2v) is 5.49. The van der Waals surface area contributed by atoms with Gasteiger partial charge in [-0.15, -0.1) is 0 Å². The zero-order valence-corrected chi connectivity index (χ0v) is 7.28. The Labute approximate surface area is 64.3 Å². The summed E-state index contributed by atoms with van der Waals surface area (Å²) >= 11 is 0. The molecule has 0 aromatic rings. The number of hydrogen-bond donors (Lipinski definition) is 2. The molecule has 0 radical (unpaired) electrons. The Morgan fingerprint density at radius 3 is 2.50 bits per heavy atom. The van der Waals surface area contributed by atoms with E-state index in [1.165, 1.54) is 0 Å². The molecule has 0 heterocycles. The Morgan fingerprint density at radius 1 is 1.70 bits per heavy atom. The maximum atomic E-state index is 10.1. The Kier molecular flexibility index (Phi) is 4.26. The molecule has 0 aliphatic heterocycles. The van der Waals surface area contributed by atoms with Crippen LogP contribution in [0.5, 0.6) is 0 Å². The van der Waals surface area contributed by atoms with Crippen LogP contribution in [-0.4, -0.2) is 24.8 Å². The van der Waals surface area contributed by atoms with E-state index in [2.05, 4.69) is 0 Å². The smallest absolute Gasteiger partial charge is 0.319 e. The second kappa shape index (κ2) is 4.17. The molecule has 0 aliphatic rings. The van der Waals surface area contributed by atoms with Gasteiger partial charge in [-0.3, -0.25) is 4.55 Å². The highest BCUT2D eigenvalue weighted by molar-refractivity contribution is 8.69. The van der Waals surface area contributed by atoms with Crippen molar-refractivity contribution >= 4 is 19.9 Å². The third-order valence-electron chi connectivity index (χ3n) is 0.805. The molecule has 0 rings (SSSR count). The lowest BCUT2D eigenvalue weighted by Crippen LogP contribution is -2.15. The van der Waals surface area contributed by atoms with Gasteiger partial charge in [-0.05, 0) is 24.1 Å². The molecule has 3 N–H and O–H groups in total. The van der Waals surface area contributed by atoms with Gasteiger partial charge in [0.05, 0.1) is 0 Å². The molecule has 1 unspecified atom stereocenters. The average molecular weight is 185 g/mol. The van der Waals surface area contributed by atoms with E-state index in [0.717, 1.165) is 0 Å². The molecule has 0 aliphatic carbocycles. The van der Waals surface area contributed by atoms with Crippen molar-refractivity contribution in [3.8, 4) is 0 Å². The summed E-state index contributed by atoms with van der Waals surface area (Å²) in [6.45, 7) is 1.78. The summed E-state index contributed by atoms with van der Waals surface area (Å²) in [4.78, 5) is 0. The van der Waals surface area contributed by atoms with Crippen LogP contribution in [-0.2, 0) is 9.15 Å². The Bertz CT molecular complexity index is 175. The largest absolute Gasteiger partial charge is 0.328 e. The fourth-order valence-corrected chi connectivity index (χ4v) is 1.94. The highest BCUT2D eigenvalue weighted by Crippen LogP contribution is 2.10. The second-order valence-electron chi connectivity index (χ2n) is 2.02. The van der Waals surface area contributed by atoms with E-state index in [1.807, 2.05) is 0 Å². The van der Waals surface area contributed by atoms with Gasteiger partial charge in [0.25, 0.3) is 0 Å². The highest BCUT2D eigenvalue weighted by Gasteiger charge is 2.04. The summed E-state index contributed by atoms with van der Waals surface area (Å²) in [5, 5.41) is 0. The van der Waals surface area contributed by atoms with Gasteiger partial charge in [-0.25, -0.2) is 0 Å². The van der Waals surface area contributed by atoms with E-state index in [0.29, 0.717) is 23.0 Å². The van der Waals surface area contributed by atoms with Crippen molar-refractivity contribution in [2.24, 2.45) is 5.73 Å². The van der Waals surface area contributed by atoms with Crippen LogP contribution in [0.4, 0.5) is 0 Å². The van der Waals surface area contributed by atoms with E-state index >= 15 is 0 Å². The maximum absolute atomic E-state index is 10.1. The Balaban J connectivity index is 3.39. The Morgan fingerprint density at radius 2 is 2.20 bits per heavy atom. The molecule has 0 saturated carbocycles. The van der Waals surface area contributed by atoms with Gasteiger partial charge >= 0.3 is 9.15 Å².